The maximum Gasteiger partial charge on any atom is 0.233 e. The van der Waals surface area contributed by atoms with E-state index in [1.54, 1.807) is 12.1 Å². The van der Waals surface area contributed by atoms with Gasteiger partial charge in [-0.25, -0.2) is 0 Å². The van der Waals surface area contributed by atoms with Crippen LogP contribution in [-0.4, -0.2) is 64.1 Å². The van der Waals surface area contributed by atoms with Crippen molar-refractivity contribution in [2.45, 2.75) is 23.2 Å². The SMILES string of the molecule is O=C(CSc1nnc(NC2CC2)s1)N1CCN(c2ccc(O)cc2)CC1. The van der Waals surface area contributed by atoms with Gasteiger partial charge in [0, 0.05) is 37.9 Å². The maximum absolute atomic E-state index is 12.4. The molecule has 1 aliphatic heterocycles. The van der Waals surface area contributed by atoms with E-state index in [1.807, 2.05) is 17.0 Å². The van der Waals surface area contributed by atoms with Crippen molar-refractivity contribution in [2.24, 2.45) is 0 Å². The molecule has 7 nitrogen and oxygen atoms in total. The number of phenols is 1. The molecule has 1 aromatic carbocycles. The Labute approximate surface area is 160 Å². The van der Waals surface area contributed by atoms with Gasteiger partial charge in [-0.15, -0.1) is 10.2 Å². The molecule has 0 spiro atoms. The zero-order valence-corrected chi connectivity index (χ0v) is 15.9. The third-order valence-corrected chi connectivity index (χ3v) is 6.45. The largest absolute Gasteiger partial charge is 0.508 e. The van der Waals surface area contributed by atoms with Gasteiger partial charge in [0.25, 0.3) is 0 Å². The van der Waals surface area contributed by atoms with Crippen LogP contribution in [0.3, 0.4) is 0 Å². The summed E-state index contributed by atoms with van der Waals surface area (Å²) in [5.74, 6) is 0.816. The summed E-state index contributed by atoms with van der Waals surface area (Å²) < 4.78 is 0.837. The molecule has 138 valence electrons. The monoisotopic (exact) mass is 391 g/mol. The number of anilines is 2. The van der Waals surface area contributed by atoms with E-state index in [4.69, 9.17) is 0 Å². The van der Waals surface area contributed by atoms with Crippen LogP contribution in [0, 0.1) is 0 Å². The summed E-state index contributed by atoms with van der Waals surface area (Å²) in [4.78, 5) is 16.6. The van der Waals surface area contributed by atoms with Crippen LogP contribution in [0.2, 0.25) is 0 Å². The van der Waals surface area contributed by atoms with Crippen molar-refractivity contribution in [1.29, 1.82) is 0 Å². The minimum atomic E-state index is 0.146. The predicted molar refractivity (Wildman–Crippen MR) is 104 cm³/mol. The van der Waals surface area contributed by atoms with Crippen molar-refractivity contribution in [3.8, 4) is 5.75 Å². The quantitative estimate of drug-likeness (QED) is 0.731. The van der Waals surface area contributed by atoms with E-state index in [-0.39, 0.29) is 11.7 Å². The van der Waals surface area contributed by atoms with Gasteiger partial charge in [0.2, 0.25) is 11.0 Å². The van der Waals surface area contributed by atoms with E-state index in [0.717, 1.165) is 28.2 Å². The minimum Gasteiger partial charge on any atom is -0.508 e. The van der Waals surface area contributed by atoms with E-state index >= 15 is 0 Å². The minimum absolute atomic E-state index is 0.146. The molecule has 1 aromatic heterocycles. The Hall–Kier alpha value is -2.00. The number of carbonyl (C=O) groups is 1. The van der Waals surface area contributed by atoms with Crippen molar-refractivity contribution < 1.29 is 9.90 Å². The van der Waals surface area contributed by atoms with Gasteiger partial charge in [-0.3, -0.25) is 4.79 Å². The second-order valence-electron chi connectivity index (χ2n) is 6.46. The zero-order valence-electron chi connectivity index (χ0n) is 14.3. The number of nitrogens with zero attached hydrogens (tertiary/aromatic N) is 4. The van der Waals surface area contributed by atoms with Crippen molar-refractivity contribution in [3.05, 3.63) is 24.3 Å². The standard InChI is InChI=1S/C17H21N5O2S2/c23-14-5-3-13(4-6-14)21-7-9-22(10-8-21)15(24)11-25-17-20-19-16(26-17)18-12-1-2-12/h3-6,12,23H,1-2,7-11H2,(H,18,19). The number of amides is 1. The summed E-state index contributed by atoms with van der Waals surface area (Å²) in [6, 6.07) is 7.76. The summed E-state index contributed by atoms with van der Waals surface area (Å²) in [6.07, 6.45) is 2.41. The molecule has 2 aromatic rings. The van der Waals surface area contributed by atoms with Crippen molar-refractivity contribution in [1.82, 2.24) is 15.1 Å². The highest BCUT2D eigenvalue weighted by Gasteiger charge is 2.24. The molecule has 1 amide bonds. The fourth-order valence-corrected chi connectivity index (χ4v) is 4.55. The first-order valence-electron chi connectivity index (χ1n) is 8.72. The maximum atomic E-state index is 12.4. The summed E-state index contributed by atoms with van der Waals surface area (Å²) in [5.41, 5.74) is 1.08. The molecule has 2 aliphatic rings. The van der Waals surface area contributed by atoms with E-state index in [1.165, 1.54) is 35.9 Å². The lowest BCUT2D eigenvalue weighted by Gasteiger charge is -2.36. The Bertz CT molecular complexity index is 755. The van der Waals surface area contributed by atoms with Gasteiger partial charge in [0.15, 0.2) is 4.34 Å². The number of thioether (sulfide) groups is 1. The zero-order chi connectivity index (χ0) is 17.9. The molecule has 26 heavy (non-hydrogen) atoms. The molecular weight excluding hydrogens is 370 g/mol. The van der Waals surface area contributed by atoms with Crippen molar-refractivity contribution >= 4 is 39.8 Å². The number of carbonyl (C=O) groups excluding carboxylic acids is 1. The van der Waals surface area contributed by atoms with Crippen LogP contribution in [-0.2, 0) is 4.79 Å². The lowest BCUT2D eigenvalue weighted by atomic mass is 10.2. The van der Waals surface area contributed by atoms with Crippen LogP contribution in [0.4, 0.5) is 10.8 Å². The summed E-state index contributed by atoms with van der Waals surface area (Å²) in [7, 11) is 0. The van der Waals surface area contributed by atoms with Gasteiger partial charge >= 0.3 is 0 Å². The van der Waals surface area contributed by atoms with Gasteiger partial charge < -0.3 is 20.2 Å². The number of piperazine rings is 1. The summed E-state index contributed by atoms with van der Waals surface area (Å²) in [6.45, 7) is 3.03. The highest BCUT2D eigenvalue weighted by molar-refractivity contribution is 8.01. The Morgan fingerprint density at radius 1 is 1.19 bits per heavy atom. The molecule has 0 radical (unpaired) electrons. The van der Waals surface area contributed by atoms with Crippen LogP contribution >= 0.6 is 23.1 Å². The smallest absolute Gasteiger partial charge is 0.233 e. The lowest BCUT2D eigenvalue weighted by Crippen LogP contribution is -2.49. The van der Waals surface area contributed by atoms with Crippen molar-refractivity contribution in [3.63, 3.8) is 0 Å². The number of hydrogen-bond acceptors (Lipinski definition) is 8. The Morgan fingerprint density at radius 3 is 2.62 bits per heavy atom. The molecule has 0 atom stereocenters. The van der Waals surface area contributed by atoms with E-state index in [2.05, 4.69) is 20.4 Å². The first kappa shape index (κ1) is 17.4. The number of nitrogens with one attached hydrogen (secondary N) is 1. The first-order valence-corrected chi connectivity index (χ1v) is 10.5. The third kappa shape index (κ3) is 4.39. The van der Waals surface area contributed by atoms with E-state index in [9.17, 15) is 9.90 Å². The average molecular weight is 392 g/mol. The van der Waals surface area contributed by atoms with Gasteiger partial charge in [-0.1, -0.05) is 23.1 Å². The Morgan fingerprint density at radius 2 is 1.92 bits per heavy atom. The molecular formula is C17H21N5O2S2. The normalized spacial score (nSPS) is 17.4. The number of phenolic OH excluding ortho intramolecular Hbond substituents is 1. The number of hydrogen-bond donors (Lipinski definition) is 2. The molecule has 0 unspecified atom stereocenters. The fourth-order valence-electron chi connectivity index (χ4n) is 2.82. The molecule has 2 heterocycles. The Balaban J connectivity index is 1.23. The van der Waals surface area contributed by atoms with Gasteiger partial charge in [-0.2, -0.15) is 0 Å². The predicted octanol–water partition coefficient (Wildman–Crippen LogP) is 2.26. The van der Waals surface area contributed by atoms with Crippen molar-refractivity contribution in [2.75, 3.05) is 42.1 Å². The third-order valence-electron chi connectivity index (χ3n) is 4.48. The van der Waals surface area contributed by atoms with Crippen LogP contribution in [0.15, 0.2) is 28.6 Å². The van der Waals surface area contributed by atoms with Crippen LogP contribution in [0.1, 0.15) is 12.8 Å². The van der Waals surface area contributed by atoms with Gasteiger partial charge in [-0.05, 0) is 37.1 Å². The van der Waals surface area contributed by atoms with Crippen LogP contribution < -0.4 is 10.2 Å². The molecule has 0 bridgehead atoms. The second-order valence-corrected chi connectivity index (χ2v) is 8.66. The Kier molecular flexibility index (Phi) is 5.16. The van der Waals surface area contributed by atoms with Crippen LogP contribution in [0.25, 0.3) is 0 Å². The topological polar surface area (TPSA) is 81.6 Å². The number of aromatic hydroxyl groups is 1. The van der Waals surface area contributed by atoms with Gasteiger partial charge in [0.05, 0.1) is 5.75 Å². The fraction of sp³-hybridized carbons (Fsp3) is 0.471. The number of rotatable bonds is 6. The molecule has 1 saturated heterocycles. The molecule has 4 rings (SSSR count). The number of benzene rings is 1. The van der Waals surface area contributed by atoms with E-state index in [0.29, 0.717) is 24.9 Å². The molecule has 1 aliphatic carbocycles. The highest BCUT2D eigenvalue weighted by atomic mass is 32.2. The lowest BCUT2D eigenvalue weighted by molar-refractivity contribution is -0.128. The first-order chi connectivity index (χ1) is 12.7. The second kappa shape index (κ2) is 7.71. The summed E-state index contributed by atoms with van der Waals surface area (Å²) >= 11 is 2.98. The number of aromatic nitrogens is 2. The molecule has 2 N–H and O–H groups in total. The average Bonchev–Trinajstić information content (AvgIpc) is 3.37. The van der Waals surface area contributed by atoms with E-state index < -0.39 is 0 Å². The summed E-state index contributed by atoms with van der Waals surface area (Å²) in [5, 5.41) is 21.8. The highest BCUT2D eigenvalue weighted by Crippen LogP contribution is 2.30. The van der Waals surface area contributed by atoms with Crippen LogP contribution in [0.5, 0.6) is 5.75 Å². The molecule has 9 heteroatoms. The molecule has 2 fully saturated rings. The molecule has 1 saturated carbocycles. The van der Waals surface area contributed by atoms with Gasteiger partial charge in [0.1, 0.15) is 5.75 Å².